The van der Waals surface area contributed by atoms with Gasteiger partial charge < -0.3 is 24.4 Å². The first kappa shape index (κ1) is 23.4. The Labute approximate surface area is 190 Å². The molecule has 2 amide bonds. The molecule has 0 aliphatic heterocycles. The number of aromatic nitrogens is 2. The third kappa shape index (κ3) is 4.81. The molecule has 0 aliphatic carbocycles. The Morgan fingerprint density at radius 2 is 1.88 bits per heavy atom. The number of methoxy groups -OCH3 is 3. The maximum Gasteiger partial charge on any atom is 0.264 e. The summed E-state index contributed by atoms with van der Waals surface area (Å²) in [6.07, 6.45) is 0. The molecule has 0 fully saturated rings. The highest BCUT2D eigenvalue weighted by molar-refractivity contribution is 7.20. The minimum Gasteiger partial charge on any atom is -0.495 e. The predicted molar refractivity (Wildman–Crippen MR) is 123 cm³/mol. The Morgan fingerprint density at radius 1 is 1.12 bits per heavy atom. The number of likely N-dealkylation sites (N-methyl/N-ethyl adjacent to an activating group) is 1. The topological polar surface area (TPSA) is 103 Å². The van der Waals surface area contributed by atoms with E-state index in [1.165, 1.54) is 30.5 Å². The lowest BCUT2D eigenvalue weighted by atomic mass is 10.2. The second-order valence-electron chi connectivity index (χ2n) is 6.89. The summed E-state index contributed by atoms with van der Waals surface area (Å²) < 4.78 is 15.8. The minimum atomic E-state index is -0.316. The van der Waals surface area contributed by atoms with Crippen molar-refractivity contribution in [2.45, 2.75) is 20.5 Å². The first-order valence-electron chi connectivity index (χ1n) is 9.98. The van der Waals surface area contributed by atoms with Crippen LogP contribution in [0.5, 0.6) is 11.6 Å². The molecule has 0 bridgehead atoms. The molecule has 0 saturated carbocycles. The number of rotatable bonds is 9. The van der Waals surface area contributed by atoms with E-state index in [1.54, 1.807) is 25.3 Å². The number of nitrogens with zero attached hydrogens (tertiary/aromatic N) is 3. The van der Waals surface area contributed by atoms with E-state index in [0.717, 1.165) is 5.56 Å². The molecule has 170 valence electrons. The maximum absolute atomic E-state index is 13.3. The number of fused-ring (bicyclic) bond motifs is 1. The zero-order valence-corrected chi connectivity index (χ0v) is 19.5. The van der Waals surface area contributed by atoms with Crippen LogP contribution in [0.15, 0.2) is 24.3 Å². The molecule has 0 unspecified atom stereocenters. The van der Waals surface area contributed by atoms with Crippen molar-refractivity contribution in [3.05, 3.63) is 40.5 Å². The van der Waals surface area contributed by atoms with Crippen LogP contribution in [0, 0.1) is 6.92 Å². The second kappa shape index (κ2) is 10.4. The van der Waals surface area contributed by atoms with Crippen molar-refractivity contribution in [2.24, 2.45) is 0 Å². The molecule has 1 aromatic carbocycles. The summed E-state index contributed by atoms with van der Waals surface area (Å²) >= 11 is 1.25. The largest absolute Gasteiger partial charge is 0.495 e. The maximum atomic E-state index is 13.3. The predicted octanol–water partition coefficient (Wildman–Crippen LogP) is 3.26. The third-order valence-corrected chi connectivity index (χ3v) is 6.02. The van der Waals surface area contributed by atoms with E-state index in [2.05, 4.69) is 15.3 Å². The van der Waals surface area contributed by atoms with E-state index in [1.807, 2.05) is 19.9 Å². The van der Waals surface area contributed by atoms with Crippen LogP contribution in [-0.4, -0.2) is 61.1 Å². The molecule has 0 spiro atoms. The molecule has 1 N–H and O–H groups in total. The number of hydrogen-bond acceptors (Lipinski definition) is 8. The van der Waals surface area contributed by atoms with Crippen LogP contribution in [0.4, 0.5) is 5.69 Å². The van der Waals surface area contributed by atoms with Gasteiger partial charge in [-0.15, -0.1) is 11.3 Å². The number of aryl methyl sites for hydroxylation is 1. The van der Waals surface area contributed by atoms with E-state index in [-0.39, 0.29) is 25.0 Å². The van der Waals surface area contributed by atoms with E-state index in [9.17, 15) is 9.59 Å². The number of benzene rings is 1. The fourth-order valence-corrected chi connectivity index (χ4v) is 4.43. The lowest BCUT2D eigenvalue weighted by Crippen LogP contribution is -2.37. The van der Waals surface area contributed by atoms with Crippen molar-refractivity contribution in [3.63, 3.8) is 0 Å². The number of ether oxygens (including phenoxy) is 3. The smallest absolute Gasteiger partial charge is 0.264 e. The van der Waals surface area contributed by atoms with Crippen LogP contribution in [0.25, 0.3) is 10.2 Å². The standard InChI is InChI=1S/C22H26N4O5S/c1-6-26(11-17(27)23-14-9-7-8-10-15(14)30-4)22(28)19-13(2)18-20(31-5)24-16(12-29-3)25-21(18)32-19/h7-10H,6,11-12H2,1-5H3,(H,23,27). The first-order chi connectivity index (χ1) is 15.4. The fourth-order valence-electron chi connectivity index (χ4n) is 3.27. The monoisotopic (exact) mass is 458 g/mol. The minimum absolute atomic E-state index is 0.0984. The summed E-state index contributed by atoms with van der Waals surface area (Å²) in [5, 5.41) is 3.49. The zero-order chi connectivity index (χ0) is 23.3. The van der Waals surface area contributed by atoms with Crippen LogP contribution in [0.2, 0.25) is 0 Å². The molecular weight excluding hydrogens is 432 g/mol. The normalized spacial score (nSPS) is 10.8. The molecular formula is C22H26N4O5S. The fraction of sp³-hybridized carbons (Fsp3) is 0.364. The lowest BCUT2D eigenvalue weighted by Gasteiger charge is -2.20. The van der Waals surface area contributed by atoms with Gasteiger partial charge in [0.15, 0.2) is 5.82 Å². The van der Waals surface area contributed by atoms with Gasteiger partial charge in [0.05, 0.1) is 30.2 Å². The van der Waals surface area contributed by atoms with Crippen molar-refractivity contribution in [2.75, 3.05) is 39.7 Å². The molecule has 0 saturated heterocycles. The lowest BCUT2D eigenvalue weighted by molar-refractivity contribution is -0.116. The van der Waals surface area contributed by atoms with Crippen LogP contribution in [0.1, 0.15) is 28.0 Å². The number of para-hydroxylation sites is 2. The Hall–Kier alpha value is -3.24. The van der Waals surface area contributed by atoms with Crippen LogP contribution in [0.3, 0.4) is 0 Å². The van der Waals surface area contributed by atoms with Crippen molar-refractivity contribution < 1.29 is 23.8 Å². The Bertz CT molecular complexity index is 1130. The number of carbonyl (C=O) groups is 2. The molecule has 3 rings (SSSR count). The van der Waals surface area contributed by atoms with Crippen molar-refractivity contribution >= 4 is 39.1 Å². The van der Waals surface area contributed by atoms with E-state index >= 15 is 0 Å². The highest BCUT2D eigenvalue weighted by Crippen LogP contribution is 2.35. The van der Waals surface area contributed by atoms with E-state index in [0.29, 0.717) is 44.8 Å². The molecule has 0 radical (unpaired) electrons. The highest BCUT2D eigenvalue weighted by Gasteiger charge is 2.25. The molecule has 3 aromatic rings. The van der Waals surface area contributed by atoms with Crippen LogP contribution >= 0.6 is 11.3 Å². The summed E-state index contributed by atoms with van der Waals surface area (Å²) in [5.74, 6) is 0.849. The van der Waals surface area contributed by atoms with Crippen molar-refractivity contribution in [3.8, 4) is 11.6 Å². The number of nitrogens with one attached hydrogen (secondary N) is 1. The summed E-state index contributed by atoms with van der Waals surface area (Å²) in [6.45, 7) is 4.16. The van der Waals surface area contributed by atoms with E-state index in [4.69, 9.17) is 14.2 Å². The Morgan fingerprint density at radius 3 is 2.53 bits per heavy atom. The molecule has 32 heavy (non-hydrogen) atoms. The zero-order valence-electron chi connectivity index (χ0n) is 18.7. The van der Waals surface area contributed by atoms with Gasteiger partial charge in [0.1, 0.15) is 23.7 Å². The van der Waals surface area contributed by atoms with Crippen LogP contribution in [-0.2, 0) is 16.1 Å². The summed E-state index contributed by atoms with van der Waals surface area (Å²) in [6, 6.07) is 7.11. The average molecular weight is 459 g/mol. The molecule has 10 heteroatoms. The average Bonchev–Trinajstić information content (AvgIpc) is 3.13. The molecule has 2 heterocycles. The highest BCUT2D eigenvalue weighted by atomic mass is 32.1. The van der Waals surface area contributed by atoms with Gasteiger partial charge in [-0.2, -0.15) is 4.98 Å². The first-order valence-corrected chi connectivity index (χ1v) is 10.8. The number of carbonyl (C=O) groups excluding carboxylic acids is 2. The Kier molecular flexibility index (Phi) is 7.60. The molecule has 0 aliphatic rings. The number of anilines is 1. The van der Waals surface area contributed by atoms with Gasteiger partial charge >= 0.3 is 0 Å². The van der Waals surface area contributed by atoms with Gasteiger partial charge in [0.25, 0.3) is 5.91 Å². The van der Waals surface area contributed by atoms with Crippen molar-refractivity contribution in [1.29, 1.82) is 0 Å². The van der Waals surface area contributed by atoms with Gasteiger partial charge in [0.2, 0.25) is 11.8 Å². The number of hydrogen-bond donors (Lipinski definition) is 1. The summed E-state index contributed by atoms with van der Waals surface area (Å²) in [7, 11) is 4.62. The van der Waals surface area contributed by atoms with Crippen LogP contribution < -0.4 is 14.8 Å². The summed E-state index contributed by atoms with van der Waals surface area (Å²) in [5.41, 5.74) is 1.27. The van der Waals surface area contributed by atoms with Gasteiger partial charge in [0, 0.05) is 13.7 Å². The SMILES string of the molecule is CCN(CC(=O)Nc1ccccc1OC)C(=O)c1sc2nc(COC)nc(OC)c2c1C. The quantitative estimate of drug-likeness (QED) is 0.525. The summed E-state index contributed by atoms with van der Waals surface area (Å²) in [4.78, 5) is 37.4. The molecule has 9 nitrogen and oxygen atoms in total. The van der Waals surface area contributed by atoms with Gasteiger partial charge in [-0.3, -0.25) is 9.59 Å². The Balaban J connectivity index is 1.85. The van der Waals surface area contributed by atoms with Gasteiger partial charge in [-0.1, -0.05) is 12.1 Å². The van der Waals surface area contributed by atoms with Gasteiger partial charge in [-0.05, 0) is 31.5 Å². The molecule has 2 aromatic heterocycles. The van der Waals surface area contributed by atoms with Crippen molar-refractivity contribution in [1.82, 2.24) is 14.9 Å². The third-order valence-electron chi connectivity index (χ3n) is 4.85. The second-order valence-corrected chi connectivity index (χ2v) is 7.89. The van der Waals surface area contributed by atoms with Gasteiger partial charge in [-0.25, -0.2) is 4.98 Å². The number of thiophene rings is 1. The number of amides is 2. The van der Waals surface area contributed by atoms with E-state index < -0.39 is 0 Å². The molecule has 0 atom stereocenters.